The van der Waals surface area contributed by atoms with Crippen molar-refractivity contribution in [1.29, 1.82) is 0 Å². The van der Waals surface area contributed by atoms with E-state index in [2.05, 4.69) is 35.6 Å². The number of carbonyl (C=O) groups excluding carboxylic acids is 1. The van der Waals surface area contributed by atoms with Crippen LogP contribution in [0.25, 0.3) is 0 Å². The minimum atomic E-state index is -5.08. The molecule has 2 aliphatic carbocycles. The summed E-state index contributed by atoms with van der Waals surface area (Å²) in [5, 5.41) is 10.9. The lowest BCUT2D eigenvalue weighted by Gasteiger charge is -2.21. The summed E-state index contributed by atoms with van der Waals surface area (Å²) in [6, 6.07) is 11.0. The Labute approximate surface area is 199 Å². The molecule has 0 bridgehead atoms. The number of nitrogens with zero attached hydrogens (tertiary/aromatic N) is 2. The van der Waals surface area contributed by atoms with Crippen molar-refractivity contribution in [3.63, 3.8) is 0 Å². The van der Waals surface area contributed by atoms with Crippen LogP contribution in [-0.4, -0.2) is 52.3 Å². The maximum Gasteiger partial charge on any atom is 0.490 e. The number of nitrogens with one attached hydrogen (secondary N) is 1. The largest absolute Gasteiger partial charge is 0.490 e. The van der Waals surface area contributed by atoms with Crippen LogP contribution in [-0.2, 0) is 17.6 Å². The summed E-state index contributed by atoms with van der Waals surface area (Å²) in [4.78, 5) is 29.6. The Hall–Kier alpha value is -2.66. The minimum absolute atomic E-state index is 0.0118. The van der Waals surface area contributed by atoms with Crippen LogP contribution in [0.4, 0.5) is 23.1 Å². The molecule has 1 aliphatic heterocycles. The number of likely N-dealkylation sites (tertiary alicyclic amines) is 1. The van der Waals surface area contributed by atoms with Gasteiger partial charge in [-0.3, -0.25) is 5.32 Å². The van der Waals surface area contributed by atoms with Gasteiger partial charge in [-0.1, -0.05) is 30.3 Å². The summed E-state index contributed by atoms with van der Waals surface area (Å²) in [7, 11) is 0. The number of anilines is 1. The fourth-order valence-corrected chi connectivity index (χ4v) is 6.16. The second kappa shape index (κ2) is 9.91. The number of aliphatic carboxylic acids is 1. The molecule has 4 unspecified atom stereocenters. The molecule has 4 N–H and O–H groups in total. The van der Waals surface area contributed by atoms with E-state index in [1.54, 1.807) is 11.3 Å². The Morgan fingerprint density at radius 1 is 1.15 bits per heavy atom. The molecule has 1 aromatic carbocycles. The summed E-state index contributed by atoms with van der Waals surface area (Å²) < 4.78 is 31.7. The van der Waals surface area contributed by atoms with Crippen molar-refractivity contribution in [2.24, 2.45) is 17.6 Å². The number of aromatic nitrogens is 1. The van der Waals surface area contributed by atoms with Gasteiger partial charge < -0.3 is 15.7 Å². The first kappa shape index (κ1) is 24.5. The standard InChI is InChI=1S/C21H26N4OS.C2HF3O2/c22-17-8-6-15-11-25(12-16(15)17)21(26)24-20-23-18-9-7-14(10-19(18)27-20)13-4-2-1-3-5-13;3-2(4,5)1(6)7/h1-5,14-17H,6-12,22H2,(H,23,24,26);(H,6,7). The fraction of sp³-hybridized carbons (Fsp3) is 0.522. The van der Waals surface area contributed by atoms with Gasteiger partial charge >= 0.3 is 18.2 Å². The van der Waals surface area contributed by atoms with Gasteiger partial charge in [0.2, 0.25) is 0 Å². The van der Waals surface area contributed by atoms with Crippen molar-refractivity contribution in [3.05, 3.63) is 46.5 Å². The summed E-state index contributed by atoms with van der Waals surface area (Å²) in [5.41, 5.74) is 8.77. The lowest BCUT2D eigenvalue weighted by Crippen LogP contribution is -2.36. The first-order valence-electron chi connectivity index (χ1n) is 11.3. The van der Waals surface area contributed by atoms with Gasteiger partial charge in [-0.2, -0.15) is 13.2 Å². The number of benzene rings is 1. The van der Waals surface area contributed by atoms with Crippen LogP contribution >= 0.6 is 11.3 Å². The number of carboxylic acid groups (broad SMARTS) is 1. The topological polar surface area (TPSA) is 109 Å². The van der Waals surface area contributed by atoms with Crippen LogP contribution in [0.15, 0.2) is 30.3 Å². The molecule has 1 saturated carbocycles. The van der Waals surface area contributed by atoms with Crippen molar-refractivity contribution in [3.8, 4) is 0 Å². The first-order valence-corrected chi connectivity index (χ1v) is 12.1. The molecular weight excluding hydrogens is 469 g/mol. The molecule has 3 aliphatic rings. The lowest BCUT2D eigenvalue weighted by molar-refractivity contribution is -0.192. The average molecular weight is 497 g/mol. The van der Waals surface area contributed by atoms with Crippen LogP contribution in [0.2, 0.25) is 0 Å². The van der Waals surface area contributed by atoms with E-state index in [1.165, 1.54) is 16.1 Å². The Bertz CT molecular complexity index is 1030. The van der Waals surface area contributed by atoms with Crippen LogP contribution in [0.1, 0.15) is 41.3 Å². The lowest BCUT2D eigenvalue weighted by atomic mass is 9.85. The van der Waals surface area contributed by atoms with Crippen molar-refractivity contribution >= 4 is 28.5 Å². The zero-order chi connectivity index (χ0) is 24.5. The maximum absolute atomic E-state index is 12.7. The molecule has 0 radical (unpaired) electrons. The van der Waals surface area contributed by atoms with E-state index in [-0.39, 0.29) is 12.1 Å². The van der Waals surface area contributed by atoms with E-state index in [1.807, 2.05) is 4.90 Å². The van der Waals surface area contributed by atoms with Gasteiger partial charge in [0.05, 0.1) is 5.69 Å². The second-order valence-electron chi connectivity index (χ2n) is 9.04. The van der Waals surface area contributed by atoms with Crippen molar-refractivity contribution in [1.82, 2.24) is 9.88 Å². The zero-order valence-corrected chi connectivity index (χ0v) is 19.2. The molecule has 11 heteroatoms. The number of carbonyl (C=O) groups is 2. The molecule has 1 saturated heterocycles. The average Bonchev–Trinajstić information content (AvgIpc) is 3.49. The van der Waals surface area contributed by atoms with Crippen LogP contribution in [0.3, 0.4) is 0 Å². The number of carboxylic acids is 1. The number of aryl methyl sites for hydroxylation is 1. The Kier molecular flexibility index (Phi) is 7.13. The molecule has 4 atom stereocenters. The molecule has 184 valence electrons. The van der Waals surface area contributed by atoms with E-state index in [4.69, 9.17) is 20.6 Å². The highest BCUT2D eigenvalue weighted by Gasteiger charge is 2.42. The number of urea groups is 1. The van der Waals surface area contributed by atoms with E-state index >= 15 is 0 Å². The third-order valence-corrected chi connectivity index (χ3v) is 7.90. The molecule has 5 rings (SSSR count). The van der Waals surface area contributed by atoms with Gasteiger partial charge in [0.15, 0.2) is 5.13 Å². The van der Waals surface area contributed by atoms with Crippen molar-refractivity contribution in [2.45, 2.75) is 50.2 Å². The number of fused-ring (bicyclic) bond motifs is 2. The van der Waals surface area contributed by atoms with Gasteiger partial charge in [0, 0.05) is 24.0 Å². The predicted molar refractivity (Wildman–Crippen MR) is 122 cm³/mol. The Balaban J connectivity index is 0.000000344. The number of rotatable bonds is 2. The predicted octanol–water partition coefficient (Wildman–Crippen LogP) is 4.25. The number of amides is 2. The number of hydrogen-bond acceptors (Lipinski definition) is 5. The van der Waals surface area contributed by atoms with E-state index in [0.29, 0.717) is 17.8 Å². The van der Waals surface area contributed by atoms with Crippen LogP contribution in [0, 0.1) is 11.8 Å². The molecule has 1 aromatic heterocycles. The Morgan fingerprint density at radius 2 is 1.85 bits per heavy atom. The number of halogens is 3. The summed E-state index contributed by atoms with van der Waals surface area (Å²) in [5.74, 6) is -1.14. The number of hydrogen-bond donors (Lipinski definition) is 3. The van der Waals surface area contributed by atoms with E-state index in [9.17, 15) is 18.0 Å². The van der Waals surface area contributed by atoms with Crippen molar-refractivity contribution < 1.29 is 27.9 Å². The third kappa shape index (κ3) is 5.52. The molecule has 34 heavy (non-hydrogen) atoms. The van der Waals surface area contributed by atoms with Gasteiger partial charge in [-0.15, -0.1) is 11.3 Å². The normalized spacial score (nSPS) is 25.7. The number of thiazole rings is 1. The molecule has 0 spiro atoms. The Morgan fingerprint density at radius 3 is 2.50 bits per heavy atom. The molecule has 7 nitrogen and oxygen atoms in total. The quantitative estimate of drug-likeness (QED) is 0.576. The highest BCUT2D eigenvalue weighted by Crippen LogP contribution is 2.39. The van der Waals surface area contributed by atoms with Crippen LogP contribution < -0.4 is 11.1 Å². The van der Waals surface area contributed by atoms with E-state index in [0.717, 1.165) is 50.3 Å². The van der Waals surface area contributed by atoms with Crippen molar-refractivity contribution in [2.75, 3.05) is 18.4 Å². The fourth-order valence-electron chi connectivity index (χ4n) is 5.08. The number of nitrogens with two attached hydrogens (primary N) is 1. The van der Waals surface area contributed by atoms with Crippen LogP contribution in [0.5, 0.6) is 0 Å². The SMILES string of the molecule is NC1CCC2CN(C(=O)Nc3nc4c(s3)CC(c3ccccc3)CC4)CC12.O=C(O)C(F)(F)F. The molecule has 2 fully saturated rings. The smallest absolute Gasteiger partial charge is 0.475 e. The molecular formula is C23H27F3N4O3S. The monoisotopic (exact) mass is 496 g/mol. The second-order valence-corrected chi connectivity index (χ2v) is 10.1. The van der Waals surface area contributed by atoms with Gasteiger partial charge in [-0.05, 0) is 55.4 Å². The number of alkyl halides is 3. The van der Waals surface area contributed by atoms with Gasteiger partial charge in [0.25, 0.3) is 0 Å². The van der Waals surface area contributed by atoms with E-state index < -0.39 is 12.1 Å². The highest BCUT2D eigenvalue weighted by molar-refractivity contribution is 7.15. The summed E-state index contributed by atoms with van der Waals surface area (Å²) in [6.07, 6.45) is 0.315. The maximum atomic E-state index is 12.7. The zero-order valence-electron chi connectivity index (χ0n) is 18.4. The van der Waals surface area contributed by atoms with Gasteiger partial charge in [0.1, 0.15) is 0 Å². The van der Waals surface area contributed by atoms with Gasteiger partial charge in [-0.25, -0.2) is 14.6 Å². The third-order valence-electron chi connectivity index (χ3n) is 6.87. The summed E-state index contributed by atoms with van der Waals surface area (Å²) in [6.45, 7) is 1.63. The summed E-state index contributed by atoms with van der Waals surface area (Å²) >= 11 is 1.65. The minimum Gasteiger partial charge on any atom is -0.475 e. The molecule has 2 heterocycles. The molecule has 2 aromatic rings. The highest BCUT2D eigenvalue weighted by atomic mass is 32.1. The first-order chi connectivity index (χ1) is 16.1. The molecule has 2 amide bonds.